The fourth-order valence-electron chi connectivity index (χ4n) is 2.29. The molecule has 2 aromatic carbocycles. The lowest BCUT2D eigenvalue weighted by atomic mass is 10.1. The molecule has 2 amide bonds. The molecular formula is C18H21BrN3O2+. The number of likely N-dealkylation sites (N-methyl/N-ethyl adjacent to an activating group) is 1. The number of benzene rings is 2. The Labute approximate surface area is 150 Å². The molecule has 0 aliphatic heterocycles. The van der Waals surface area contributed by atoms with Crippen molar-refractivity contribution >= 4 is 33.4 Å². The van der Waals surface area contributed by atoms with E-state index in [0.29, 0.717) is 11.3 Å². The number of amides is 2. The van der Waals surface area contributed by atoms with Crippen molar-refractivity contribution in [2.45, 2.75) is 19.5 Å². The van der Waals surface area contributed by atoms with E-state index in [1.807, 2.05) is 38.2 Å². The second kappa shape index (κ2) is 8.08. The average Bonchev–Trinajstić information content (AvgIpc) is 2.56. The molecule has 6 heteroatoms. The lowest BCUT2D eigenvalue weighted by Crippen LogP contribution is -3.12. The third-order valence-electron chi connectivity index (χ3n) is 4.00. The van der Waals surface area contributed by atoms with Crippen molar-refractivity contribution in [3.05, 3.63) is 64.1 Å². The number of hydrogen-bond donors (Lipinski definition) is 3. The summed E-state index contributed by atoms with van der Waals surface area (Å²) in [5.74, 6) is -0.565. The summed E-state index contributed by atoms with van der Waals surface area (Å²) in [5.41, 5.74) is 7.42. The first-order valence-corrected chi connectivity index (χ1v) is 8.44. The van der Waals surface area contributed by atoms with Crippen LogP contribution < -0.4 is 16.0 Å². The third kappa shape index (κ3) is 4.66. The highest BCUT2D eigenvalue weighted by Gasteiger charge is 2.22. The Hall–Kier alpha value is -2.18. The fourth-order valence-corrected chi connectivity index (χ4v) is 2.71. The number of halogens is 1. The van der Waals surface area contributed by atoms with Gasteiger partial charge in [-0.15, -0.1) is 0 Å². The summed E-state index contributed by atoms with van der Waals surface area (Å²) in [6.45, 7) is 2.62. The van der Waals surface area contributed by atoms with Crippen LogP contribution in [0.5, 0.6) is 0 Å². The van der Waals surface area contributed by atoms with Gasteiger partial charge in [-0.2, -0.15) is 0 Å². The van der Waals surface area contributed by atoms with Gasteiger partial charge in [-0.1, -0.05) is 34.1 Å². The quantitative estimate of drug-likeness (QED) is 0.700. The molecule has 5 nitrogen and oxygen atoms in total. The SMILES string of the molecule is C[C@H](C(=O)Nc1ccc(C(N)=O)cc1)[NH+](C)Cc1ccccc1Br. The molecule has 0 fully saturated rings. The lowest BCUT2D eigenvalue weighted by molar-refractivity contribution is -0.907. The van der Waals surface area contributed by atoms with E-state index in [4.69, 9.17) is 5.73 Å². The zero-order chi connectivity index (χ0) is 17.7. The van der Waals surface area contributed by atoms with Crippen molar-refractivity contribution in [1.82, 2.24) is 0 Å². The highest BCUT2D eigenvalue weighted by atomic mass is 79.9. The molecule has 4 N–H and O–H groups in total. The molecule has 2 atom stereocenters. The third-order valence-corrected chi connectivity index (χ3v) is 4.77. The van der Waals surface area contributed by atoms with Gasteiger partial charge in [-0.3, -0.25) is 9.59 Å². The monoisotopic (exact) mass is 390 g/mol. The molecule has 0 aliphatic carbocycles. The van der Waals surface area contributed by atoms with Crippen molar-refractivity contribution in [2.24, 2.45) is 5.73 Å². The maximum absolute atomic E-state index is 12.4. The van der Waals surface area contributed by atoms with Gasteiger partial charge in [-0.25, -0.2) is 0 Å². The van der Waals surface area contributed by atoms with E-state index in [-0.39, 0.29) is 11.9 Å². The summed E-state index contributed by atoms with van der Waals surface area (Å²) >= 11 is 3.53. The molecule has 2 aromatic rings. The molecular weight excluding hydrogens is 370 g/mol. The molecule has 0 radical (unpaired) electrons. The maximum atomic E-state index is 12.4. The molecule has 0 bridgehead atoms. The van der Waals surface area contributed by atoms with Gasteiger partial charge in [0.2, 0.25) is 5.91 Å². The zero-order valence-electron chi connectivity index (χ0n) is 13.7. The summed E-state index contributed by atoms with van der Waals surface area (Å²) in [4.78, 5) is 24.6. The molecule has 0 saturated heterocycles. The number of primary amides is 1. The van der Waals surface area contributed by atoms with Crippen LogP contribution in [0, 0.1) is 0 Å². The van der Waals surface area contributed by atoms with E-state index < -0.39 is 5.91 Å². The molecule has 0 spiro atoms. The summed E-state index contributed by atoms with van der Waals surface area (Å²) < 4.78 is 1.04. The standard InChI is InChI=1S/C18H20BrN3O2/c1-12(22(2)11-14-5-3-4-6-16(14)19)18(24)21-15-9-7-13(8-10-15)17(20)23/h3-10,12H,11H2,1-2H3,(H2,20,23)(H,21,24)/p+1/t12-/m1/s1. The number of anilines is 1. The number of carbonyl (C=O) groups is 2. The highest BCUT2D eigenvalue weighted by molar-refractivity contribution is 9.10. The van der Waals surface area contributed by atoms with E-state index in [1.165, 1.54) is 0 Å². The van der Waals surface area contributed by atoms with Gasteiger partial charge < -0.3 is 16.0 Å². The van der Waals surface area contributed by atoms with Crippen LogP contribution in [0.3, 0.4) is 0 Å². The molecule has 126 valence electrons. The summed E-state index contributed by atoms with van der Waals surface area (Å²) in [6.07, 6.45) is 0. The average molecular weight is 391 g/mol. The number of hydrogen-bond acceptors (Lipinski definition) is 2. The highest BCUT2D eigenvalue weighted by Crippen LogP contribution is 2.14. The van der Waals surface area contributed by atoms with E-state index >= 15 is 0 Å². The smallest absolute Gasteiger partial charge is 0.282 e. The normalized spacial score (nSPS) is 13.1. The van der Waals surface area contributed by atoms with Gasteiger partial charge in [0.15, 0.2) is 6.04 Å². The summed E-state index contributed by atoms with van der Waals surface area (Å²) in [7, 11) is 1.99. The predicted molar refractivity (Wildman–Crippen MR) is 97.8 cm³/mol. The van der Waals surface area contributed by atoms with Gasteiger partial charge in [0.25, 0.3) is 5.91 Å². The summed E-state index contributed by atoms with van der Waals surface area (Å²) in [5, 5.41) is 2.87. The fraction of sp³-hybridized carbons (Fsp3) is 0.222. The molecule has 0 saturated carbocycles. The first kappa shape index (κ1) is 18.2. The van der Waals surface area contributed by atoms with Crippen LogP contribution in [0.1, 0.15) is 22.8 Å². The Bertz CT molecular complexity index is 731. The molecule has 1 unspecified atom stereocenters. The number of quaternary nitrogens is 1. The minimum absolute atomic E-state index is 0.0774. The van der Waals surface area contributed by atoms with Gasteiger partial charge in [-0.05, 0) is 37.3 Å². The number of nitrogens with one attached hydrogen (secondary N) is 2. The topological polar surface area (TPSA) is 76.6 Å². The Balaban J connectivity index is 1.98. The van der Waals surface area contributed by atoms with E-state index in [1.54, 1.807) is 24.3 Å². The van der Waals surface area contributed by atoms with Crippen LogP contribution >= 0.6 is 15.9 Å². The Kier molecular flexibility index (Phi) is 6.11. The molecule has 0 aliphatic rings. The van der Waals surface area contributed by atoms with Crippen LogP contribution in [-0.2, 0) is 11.3 Å². The largest absolute Gasteiger partial charge is 0.366 e. The molecule has 2 rings (SSSR count). The summed E-state index contributed by atoms with van der Waals surface area (Å²) in [6, 6.07) is 14.3. The van der Waals surface area contributed by atoms with Crippen LogP contribution in [-0.4, -0.2) is 24.9 Å². The maximum Gasteiger partial charge on any atom is 0.282 e. The minimum atomic E-state index is -0.487. The number of nitrogens with two attached hydrogens (primary N) is 1. The number of carbonyl (C=O) groups excluding carboxylic acids is 2. The molecule has 24 heavy (non-hydrogen) atoms. The van der Waals surface area contributed by atoms with Gasteiger partial charge in [0.1, 0.15) is 6.54 Å². The van der Waals surface area contributed by atoms with Crippen LogP contribution in [0.15, 0.2) is 53.0 Å². The first-order chi connectivity index (χ1) is 11.4. The van der Waals surface area contributed by atoms with Gasteiger partial charge in [0, 0.05) is 21.3 Å². The number of rotatable bonds is 6. The lowest BCUT2D eigenvalue weighted by Gasteiger charge is -2.21. The van der Waals surface area contributed by atoms with Crippen molar-refractivity contribution in [3.8, 4) is 0 Å². The van der Waals surface area contributed by atoms with Gasteiger partial charge in [0.05, 0.1) is 7.05 Å². The second-order valence-corrected chi connectivity index (χ2v) is 6.62. The Morgan fingerprint density at radius 1 is 1.17 bits per heavy atom. The molecule has 0 heterocycles. The van der Waals surface area contributed by atoms with Gasteiger partial charge >= 0.3 is 0 Å². The predicted octanol–water partition coefficient (Wildman–Crippen LogP) is 1.59. The Morgan fingerprint density at radius 2 is 1.79 bits per heavy atom. The van der Waals surface area contributed by atoms with E-state index in [2.05, 4.69) is 21.2 Å². The van der Waals surface area contributed by atoms with Crippen LogP contribution in [0.25, 0.3) is 0 Å². The van der Waals surface area contributed by atoms with Crippen molar-refractivity contribution in [3.63, 3.8) is 0 Å². The van der Waals surface area contributed by atoms with Crippen LogP contribution in [0.4, 0.5) is 5.69 Å². The molecule has 0 aromatic heterocycles. The van der Waals surface area contributed by atoms with Crippen molar-refractivity contribution in [2.75, 3.05) is 12.4 Å². The van der Waals surface area contributed by atoms with Crippen molar-refractivity contribution < 1.29 is 14.5 Å². The van der Waals surface area contributed by atoms with Crippen molar-refractivity contribution in [1.29, 1.82) is 0 Å². The Morgan fingerprint density at radius 3 is 2.38 bits per heavy atom. The zero-order valence-corrected chi connectivity index (χ0v) is 15.3. The second-order valence-electron chi connectivity index (χ2n) is 5.77. The first-order valence-electron chi connectivity index (χ1n) is 7.65. The van der Waals surface area contributed by atoms with E-state index in [0.717, 1.165) is 21.5 Å². The van der Waals surface area contributed by atoms with E-state index in [9.17, 15) is 9.59 Å². The van der Waals surface area contributed by atoms with Crippen LogP contribution in [0.2, 0.25) is 0 Å². The minimum Gasteiger partial charge on any atom is -0.366 e.